The normalized spacial score (nSPS) is 19.0. The number of nitrogens with one attached hydrogen (secondary N) is 1. The third kappa shape index (κ3) is 2.42. The molecule has 1 fully saturated rings. The first-order valence-electron chi connectivity index (χ1n) is 7.24. The van der Waals surface area contributed by atoms with Gasteiger partial charge in [0, 0.05) is 12.1 Å². The molecule has 2 aliphatic carbocycles. The van der Waals surface area contributed by atoms with Gasteiger partial charge < -0.3 is 10.4 Å². The average molecular weight is 273 g/mol. The summed E-state index contributed by atoms with van der Waals surface area (Å²) in [6.07, 6.45) is 5.86. The molecule has 0 spiro atoms. The van der Waals surface area contributed by atoms with E-state index in [1.807, 2.05) is 18.2 Å². The number of hydrogen-bond donors (Lipinski definition) is 2. The summed E-state index contributed by atoms with van der Waals surface area (Å²) >= 11 is 0. The third-order valence-corrected chi connectivity index (χ3v) is 4.51. The molecule has 1 saturated carbocycles. The summed E-state index contributed by atoms with van der Waals surface area (Å²) in [5.74, 6) is -0.964. The van der Waals surface area contributed by atoms with E-state index in [-0.39, 0.29) is 12.5 Å². The van der Waals surface area contributed by atoms with Crippen molar-refractivity contribution < 1.29 is 14.7 Å². The molecule has 2 aliphatic rings. The van der Waals surface area contributed by atoms with Gasteiger partial charge in [0.2, 0.25) is 0 Å². The Morgan fingerprint density at radius 1 is 1.15 bits per heavy atom. The zero-order chi connectivity index (χ0) is 14.2. The van der Waals surface area contributed by atoms with Crippen molar-refractivity contribution in [2.24, 2.45) is 5.41 Å². The molecule has 0 atom stereocenters. The molecule has 0 radical (unpaired) electrons. The Hall–Kier alpha value is -1.84. The smallest absolute Gasteiger partial charge is 0.311 e. The summed E-state index contributed by atoms with van der Waals surface area (Å²) in [5, 5.41) is 11.9. The van der Waals surface area contributed by atoms with Crippen LogP contribution in [0.1, 0.15) is 47.2 Å². The fraction of sp³-hybridized carbons (Fsp3) is 0.500. The van der Waals surface area contributed by atoms with Gasteiger partial charge in [-0.25, -0.2) is 0 Å². The third-order valence-electron chi connectivity index (χ3n) is 4.51. The molecule has 1 aromatic carbocycles. The minimum absolute atomic E-state index is 0.161. The van der Waals surface area contributed by atoms with Gasteiger partial charge in [0.1, 0.15) is 0 Å². The highest BCUT2D eigenvalue weighted by atomic mass is 16.4. The number of amides is 1. The summed E-state index contributed by atoms with van der Waals surface area (Å²) in [4.78, 5) is 23.2. The van der Waals surface area contributed by atoms with Gasteiger partial charge in [0.05, 0.1) is 5.41 Å². The molecule has 0 heterocycles. The van der Waals surface area contributed by atoms with E-state index in [9.17, 15) is 9.59 Å². The first-order valence-corrected chi connectivity index (χ1v) is 7.24. The summed E-state index contributed by atoms with van der Waals surface area (Å²) in [7, 11) is 0. The molecule has 0 unspecified atom stereocenters. The first-order chi connectivity index (χ1) is 9.61. The van der Waals surface area contributed by atoms with E-state index in [1.165, 1.54) is 24.0 Å². The Labute approximate surface area is 118 Å². The molecule has 0 aromatic heterocycles. The lowest BCUT2D eigenvalue weighted by Crippen LogP contribution is -2.34. The maximum atomic E-state index is 12.1. The van der Waals surface area contributed by atoms with Crippen molar-refractivity contribution in [3.8, 4) is 0 Å². The van der Waals surface area contributed by atoms with E-state index >= 15 is 0 Å². The monoisotopic (exact) mass is 273 g/mol. The van der Waals surface area contributed by atoms with E-state index in [0.717, 1.165) is 12.8 Å². The highest BCUT2D eigenvalue weighted by molar-refractivity contribution is 5.95. The second-order valence-corrected chi connectivity index (χ2v) is 5.96. The first kappa shape index (κ1) is 13.2. The fourth-order valence-electron chi connectivity index (χ4n) is 2.84. The van der Waals surface area contributed by atoms with Crippen LogP contribution < -0.4 is 5.32 Å². The fourth-order valence-corrected chi connectivity index (χ4v) is 2.84. The zero-order valence-corrected chi connectivity index (χ0v) is 11.4. The molecule has 2 N–H and O–H groups in total. The van der Waals surface area contributed by atoms with Gasteiger partial charge >= 0.3 is 5.97 Å². The maximum absolute atomic E-state index is 12.1. The van der Waals surface area contributed by atoms with Gasteiger partial charge in [-0.2, -0.15) is 0 Å². The molecule has 4 heteroatoms. The Bertz CT molecular complexity index is 561. The van der Waals surface area contributed by atoms with Crippen LogP contribution in [0.5, 0.6) is 0 Å². The largest absolute Gasteiger partial charge is 0.481 e. The van der Waals surface area contributed by atoms with Crippen molar-refractivity contribution in [1.82, 2.24) is 5.32 Å². The van der Waals surface area contributed by atoms with Crippen LogP contribution >= 0.6 is 0 Å². The van der Waals surface area contributed by atoms with Crippen LogP contribution in [0.4, 0.5) is 0 Å². The van der Waals surface area contributed by atoms with Crippen LogP contribution in [0.3, 0.4) is 0 Å². The van der Waals surface area contributed by atoms with Crippen LogP contribution in [-0.2, 0) is 17.6 Å². The standard InChI is InChI=1S/C16H19NO3/c18-14(17-10-16(7-8-16)15(19)20)13-6-5-11-3-1-2-4-12(11)9-13/h5-6,9H,1-4,7-8,10H2,(H,17,18)(H,19,20). The topological polar surface area (TPSA) is 66.4 Å². The van der Waals surface area contributed by atoms with Crippen molar-refractivity contribution in [2.75, 3.05) is 6.54 Å². The molecule has 0 bridgehead atoms. The van der Waals surface area contributed by atoms with Crippen LogP contribution in [0, 0.1) is 5.41 Å². The quantitative estimate of drug-likeness (QED) is 0.883. The summed E-state index contributed by atoms with van der Waals surface area (Å²) < 4.78 is 0. The van der Waals surface area contributed by atoms with Crippen molar-refractivity contribution in [2.45, 2.75) is 38.5 Å². The second-order valence-electron chi connectivity index (χ2n) is 5.96. The van der Waals surface area contributed by atoms with Crippen molar-refractivity contribution >= 4 is 11.9 Å². The molecule has 4 nitrogen and oxygen atoms in total. The number of benzene rings is 1. The summed E-state index contributed by atoms with van der Waals surface area (Å²) in [5.41, 5.74) is 2.55. The van der Waals surface area contributed by atoms with Crippen molar-refractivity contribution in [3.05, 3.63) is 34.9 Å². The van der Waals surface area contributed by atoms with Gasteiger partial charge in [-0.15, -0.1) is 0 Å². The summed E-state index contributed by atoms with van der Waals surface area (Å²) in [6, 6.07) is 5.84. The number of carboxylic acids is 1. The van der Waals surface area contributed by atoms with Crippen molar-refractivity contribution in [3.63, 3.8) is 0 Å². The van der Waals surface area contributed by atoms with Gasteiger partial charge in [0.25, 0.3) is 5.91 Å². The maximum Gasteiger partial charge on any atom is 0.311 e. The Morgan fingerprint density at radius 3 is 2.50 bits per heavy atom. The average Bonchev–Trinajstić information content (AvgIpc) is 3.25. The number of carbonyl (C=O) groups is 2. The lowest BCUT2D eigenvalue weighted by molar-refractivity contribution is -0.143. The number of carbonyl (C=O) groups excluding carboxylic acids is 1. The molecule has 20 heavy (non-hydrogen) atoms. The van der Waals surface area contributed by atoms with Gasteiger partial charge in [-0.05, 0) is 61.8 Å². The number of hydrogen-bond acceptors (Lipinski definition) is 2. The second kappa shape index (κ2) is 4.93. The van der Waals surface area contributed by atoms with Gasteiger partial charge in [-0.1, -0.05) is 6.07 Å². The Balaban J connectivity index is 1.67. The molecule has 1 amide bonds. The van der Waals surface area contributed by atoms with Gasteiger partial charge in [0.15, 0.2) is 0 Å². The van der Waals surface area contributed by atoms with Crippen molar-refractivity contribution in [1.29, 1.82) is 0 Å². The molecule has 0 aliphatic heterocycles. The van der Waals surface area contributed by atoms with E-state index in [4.69, 9.17) is 5.11 Å². The Kier molecular flexibility index (Phi) is 3.24. The summed E-state index contributed by atoms with van der Waals surface area (Å²) in [6.45, 7) is 0.234. The van der Waals surface area contributed by atoms with E-state index in [2.05, 4.69) is 5.32 Å². The lowest BCUT2D eigenvalue weighted by Gasteiger charge is -2.17. The minimum atomic E-state index is -0.803. The molecular weight excluding hydrogens is 254 g/mol. The van der Waals surface area contributed by atoms with Crippen LogP contribution in [0.15, 0.2) is 18.2 Å². The zero-order valence-electron chi connectivity index (χ0n) is 11.4. The minimum Gasteiger partial charge on any atom is -0.481 e. The van der Waals surface area contributed by atoms with Crippen LogP contribution in [-0.4, -0.2) is 23.5 Å². The van der Waals surface area contributed by atoms with Gasteiger partial charge in [-0.3, -0.25) is 9.59 Å². The number of carboxylic acid groups (broad SMARTS) is 1. The van der Waals surface area contributed by atoms with E-state index < -0.39 is 11.4 Å². The van der Waals surface area contributed by atoms with E-state index in [1.54, 1.807) is 0 Å². The van der Waals surface area contributed by atoms with Crippen LogP contribution in [0.2, 0.25) is 0 Å². The number of aryl methyl sites for hydroxylation is 2. The molecule has 106 valence electrons. The lowest BCUT2D eigenvalue weighted by atomic mass is 9.90. The number of rotatable bonds is 4. The van der Waals surface area contributed by atoms with E-state index in [0.29, 0.717) is 18.4 Å². The predicted octanol–water partition coefficient (Wildman–Crippen LogP) is 2.16. The molecule has 0 saturated heterocycles. The molecule has 1 aromatic rings. The highest BCUT2D eigenvalue weighted by Crippen LogP contribution is 2.45. The SMILES string of the molecule is O=C(NCC1(C(=O)O)CC1)c1ccc2c(c1)CCCC2. The molecule has 3 rings (SSSR count). The number of fused-ring (bicyclic) bond motifs is 1. The number of aliphatic carboxylic acids is 1. The van der Waals surface area contributed by atoms with Crippen LogP contribution in [0.25, 0.3) is 0 Å². The predicted molar refractivity (Wildman–Crippen MR) is 74.7 cm³/mol. The Morgan fingerprint density at radius 2 is 1.85 bits per heavy atom. The highest BCUT2D eigenvalue weighted by Gasteiger charge is 2.50. The molecular formula is C16H19NO3.